The molecule has 0 aliphatic carbocycles. The predicted octanol–water partition coefficient (Wildman–Crippen LogP) is 1.15. The molecule has 84 valence electrons. The van der Waals surface area contributed by atoms with Gasteiger partial charge >= 0.3 is 5.76 Å². The maximum atomic E-state index is 11.0. The van der Waals surface area contributed by atoms with Crippen LogP contribution in [-0.4, -0.2) is 24.4 Å². The van der Waals surface area contributed by atoms with Gasteiger partial charge in [0, 0.05) is 12.7 Å². The van der Waals surface area contributed by atoms with Gasteiger partial charge in [0.05, 0.1) is 12.1 Å². The standard InChI is InChI=1S/C11H12N2O3/c1-7(14)6-13(2)8-3-4-10-9(5-8)12-11(15)16-10/h3-5H,6H2,1-2H3,(H,12,15). The number of aromatic amines is 1. The Bertz CT molecular complexity index is 582. The zero-order valence-corrected chi connectivity index (χ0v) is 9.11. The topological polar surface area (TPSA) is 66.3 Å². The second kappa shape index (κ2) is 3.84. The number of rotatable bonds is 3. The first-order valence-corrected chi connectivity index (χ1v) is 4.90. The fraction of sp³-hybridized carbons (Fsp3) is 0.273. The number of Topliss-reactive ketones (excluding diaryl/α,β-unsaturated/α-hetero) is 1. The van der Waals surface area contributed by atoms with E-state index in [0.29, 0.717) is 17.6 Å². The lowest BCUT2D eigenvalue weighted by Gasteiger charge is -2.16. The van der Waals surface area contributed by atoms with E-state index in [-0.39, 0.29) is 5.78 Å². The summed E-state index contributed by atoms with van der Waals surface area (Å²) in [5, 5.41) is 0. The summed E-state index contributed by atoms with van der Waals surface area (Å²) in [7, 11) is 1.82. The zero-order valence-electron chi connectivity index (χ0n) is 9.11. The summed E-state index contributed by atoms with van der Waals surface area (Å²) >= 11 is 0. The van der Waals surface area contributed by atoms with E-state index in [9.17, 15) is 9.59 Å². The quantitative estimate of drug-likeness (QED) is 0.842. The van der Waals surface area contributed by atoms with Crippen molar-refractivity contribution in [2.45, 2.75) is 6.92 Å². The molecule has 1 heterocycles. The highest BCUT2D eigenvalue weighted by Crippen LogP contribution is 2.18. The molecule has 1 N–H and O–H groups in total. The first kappa shape index (κ1) is 10.5. The number of anilines is 1. The fourth-order valence-electron chi connectivity index (χ4n) is 1.60. The van der Waals surface area contributed by atoms with Crippen LogP contribution in [0.25, 0.3) is 11.1 Å². The third-order valence-corrected chi connectivity index (χ3v) is 2.30. The number of nitrogens with one attached hydrogen (secondary N) is 1. The number of fused-ring (bicyclic) bond motifs is 1. The van der Waals surface area contributed by atoms with E-state index in [4.69, 9.17) is 4.42 Å². The molecular weight excluding hydrogens is 208 g/mol. The van der Waals surface area contributed by atoms with Crippen LogP contribution < -0.4 is 10.7 Å². The van der Waals surface area contributed by atoms with Crippen molar-refractivity contribution in [1.82, 2.24) is 4.98 Å². The Morgan fingerprint density at radius 2 is 2.25 bits per heavy atom. The number of aromatic nitrogens is 1. The number of nitrogens with zero attached hydrogens (tertiary/aromatic N) is 1. The molecule has 5 nitrogen and oxygen atoms in total. The van der Waals surface area contributed by atoms with Gasteiger partial charge in [-0.1, -0.05) is 0 Å². The summed E-state index contributed by atoms with van der Waals surface area (Å²) in [5.74, 6) is -0.385. The van der Waals surface area contributed by atoms with Crippen molar-refractivity contribution >= 4 is 22.6 Å². The highest BCUT2D eigenvalue weighted by molar-refractivity contribution is 5.83. The Kier molecular flexibility index (Phi) is 2.52. The summed E-state index contributed by atoms with van der Waals surface area (Å²) < 4.78 is 4.89. The average molecular weight is 220 g/mol. The molecule has 0 radical (unpaired) electrons. The van der Waals surface area contributed by atoms with E-state index >= 15 is 0 Å². The van der Waals surface area contributed by atoms with Crippen LogP contribution in [0.3, 0.4) is 0 Å². The van der Waals surface area contributed by atoms with Crippen molar-refractivity contribution < 1.29 is 9.21 Å². The monoisotopic (exact) mass is 220 g/mol. The molecule has 0 spiro atoms. The van der Waals surface area contributed by atoms with Gasteiger partial charge in [-0.15, -0.1) is 0 Å². The van der Waals surface area contributed by atoms with Crippen LogP contribution in [0.15, 0.2) is 27.4 Å². The van der Waals surface area contributed by atoms with Gasteiger partial charge < -0.3 is 9.32 Å². The Morgan fingerprint density at radius 3 is 2.94 bits per heavy atom. The molecule has 0 bridgehead atoms. The molecular formula is C11H12N2O3. The van der Waals surface area contributed by atoms with Crippen molar-refractivity contribution in [3.05, 3.63) is 28.7 Å². The minimum atomic E-state index is -0.471. The molecule has 2 rings (SSSR count). The molecule has 5 heteroatoms. The zero-order chi connectivity index (χ0) is 11.7. The number of likely N-dealkylation sites (N-methyl/N-ethyl adjacent to an activating group) is 1. The molecule has 0 aliphatic heterocycles. The molecule has 0 saturated carbocycles. The molecule has 1 aromatic heterocycles. The highest BCUT2D eigenvalue weighted by Gasteiger charge is 2.06. The molecule has 0 aliphatic rings. The molecule has 1 aromatic carbocycles. The van der Waals surface area contributed by atoms with Crippen LogP contribution >= 0.6 is 0 Å². The van der Waals surface area contributed by atoms with E-state index in [0.717, 1.165) is 5.69 Å². The Balaban J connectivity index is 2.38. The molecule has 0 saturated heterocycles. The Labute approximate surface area is 91.7 Å². The number of carbonyl (C=O) groups excluding carboxylic acids is 1. The number of oxazole rings is 1. The van der Waals surface area contributed by atoms with Crippen molar-refractivity contribution in [3.8, 4) is 0 Å². The van der Waals surface area contributed by atoms with Crippen molar-refractivity contribution in [2.75, 3.05) is 18.5 Å². The summed E-state index contributed by atoms with van der Waals surface area (Å²) in [6.45, 7) is 1.88. The summed E-state index contributed by atoms with van der Waals surface area (Å²) in [5.41, 5.74) is 2.02. The SMILES string of the molecule is CC(=O)CN(C)c1ccc2oc(=O)[nH]c2c1. The number of ketones is 1. The Morgan fingerprint density at radius 1 is 1.50 bits per heavy atom. The maximum absolute atomic E-state index is 11.0. The summed E-state index contributed by atoms with van der Waals surface area (Å²) in [4.78, 5) is 26.3. The van der Waals surface area contributed by atoms with Gasteiger partial charge in [-0.25, -0.2) is 4.79 Å². The van der Waals surface area contributed by atoms with Crippen molar-refractivity contribution in [2.24, 2.45) is 0 Å². The van der Waals surface area contributed by atoms with Crippen molar-refractivity contribution in [3.63, 3.8) is 0 Å². The van der Waals surface area contributed by atoms with Crippen LogP contribution in [-0.2, 0) is 4.79 Å². The van der Waals surface area contributed by atoms with Crippen LogP contribution in [0.2, 0.25) is 0 Å². The molecule has 0 unspecified atom stereocenters. The largest absolute Gasteiger partial charge is 0.417 e. The van der Waals surface area contributed by atoms with Crippen molar-refractivity contribution in [1.29, 1.82) is 0 Å². The van der Waals surface area contributed by atoms with Gasteiger partial charge in [-0.3, -0.25) is 9.78 Å². The minimum Gasteiger partial charge on any atom is -0.408 e. The van der Waals surface area contributed by atoms with Gasteiger partial charge in [0.2, 0.25) is 0 Å². The first-order chi connectivity index (χ1) is 7.56. The van der Waals surface area contributed by atoms with Crippen LogP contribution in [0.1, 0.15) is 6.92 Å². The van der Waals surface area contributed by atoms with E-state index in [1.807, 2.05) is 18.0 Å². The number of benzene rings is 1. The second-order valence-corrected chi connectivity index (χ2v) is 3.75. The average Bonchev–Trinajstić information content (AvgIpc) is 2.55. The Hall–Kier alpha value is -2.04. The summed E-state index contributed by atoms with van der Waals surface area (Å²) in [6.07, 6.45) is 0. The van der Waals surface area contributed by atoms with Crippen LogP contribution in [0, 0.1) is 0 Å². The van der Waals surface area contributed by atoms with Gasteiger partial charge in [-0.2, -0.15) is 0 Å². The van der Waals surface area contributed by atoms with Gasteiger partial charge in [-0.05, 0) is 25.1 Å². The van der Waals surface area contributed by atoms with Gasteiger partial charge in [0.25, 0.3) is 0 Å². The lowest BCUT2D eigenvalue weighted by molar-refractivity contribution is -0.115. The smallest absolute Gasteiger partial charge is 0.408 e. The minimum absolute atomic E-state index is 0.0864. The van der Waals surface area contributed by atoms with E-state index in [1.165, 1.54) is 6.92 Å². The first-order valence-electron chi connectivity index (χ1n) is 4.90. The summed E-state index contributed by atoms with van der Waals surface area (Å²) in [6, 6.07) is 5.30. The molecule has 16 heavy (non-hydrogen) atoms. The third kappa shape index (κ3) is 1.98. The third-order valence-electron chi connectivity index (χ3n) is 2.30. The predicted molar refractivity (Wildman–Crippen MR) is 60.8 cm³/mol. The van der Waals surface area contributed by atoms with E-state index in [1.54, 1.807) is 12.1 Å². The molecule has 0 atom stereocenters. The lowest BCUT2D eigenvalue weighted by Crippen LogP contribution is -2.23. The molecule has 0 amide bonds. The number of hydrogen-bond acceptors (Lipinski definition) is 4. The normalized spacial score (nSPS) is 10.6. The lowest BCUT2D eigenvalue weighted by atomic mass is 10.2. The van der Waals surface area contributed by atoms with E-state index < -0.39 is 5.76 Å². The number of carbonyl (C=O) groups is 1. The molecule has 2 aromatic rings. The maximum Gasteiger partial charge on any atom is 0.417 e. The van der Waals surface area contributed by atoms with E-state index in [2.05, 4.69) is 4.98 Å². The second-order valence-electron chi connectivity index (χ2n) is 3.75. The number of hydrogen-bond donors (Lipinski definition) is 1. The van der Waals surface area contributed by atoms with Gasteiger partial charge in [0.15, 0.2) is 5.58 Å². The molecule has 0 fully saturated rings. The van der Waals surface area contributed by atoms with Crippen LogP contribution in [0.4, 0.5) is 5.69 Å². The fourth-order valence-corrected chi connectivity index (χ4v) is 1.60. The van der Waals surface area contributed by atoms with Crippen LogP contribution in [0.5, 0.6) is 0 Å². The number of H-pyrrole nitrogens is 1. The van der Waals surface area contributed by atoms with Gasteiger partial charge in [0.1, 0.15) is 5.78 Å². The highest BCUT2D eigenvalue weighted by atomic mass is 16.4.